The number of imide groups is 1. The molecular formula is C25H19BrN2O4. The first kappa shape index (κ1) is 20.6. The van der Waals surface area contributed by atoms with E-state index in [0.29, 0.717) is 11.3 Å². The molecule has 2 amide bonds. The third-order valence-corrected chi connectivity index (χ3v) is 6.32. The molecule has 2 saturated heterocycles. The lowest BCUT2D eigenvalue weighted by Crippen LogP contribution is -2.37. The highest BCUT2D eigenvalue weighted by Gasteiger charge is 2.60. The van der Waals surface area contributed by atoms with E-state index in [9.17, 15) is 14.4 Å². The number of carbonyl (C=O) groups is 3. The molecule has 0 unspecified atom stereocenters. The maximum absolute atomic E-state index is 13.6. The number of halogens is 1. The highest BCUT2D eigenvalue weighted by Crippen LogP contribution is 2.47. The van der Waals surface area contributed by atoms with E-state index in [4.69, 9.17) is 4.84 Å². The second-order valence-electron chi connectivity index (χ2n) is 7.83. The molecule has 0 aromatic heterocycles. The number of rotatable bonds is 4. The van der Waals surface area contributed by atoms with Gasteiger partial charge in [0.1, 0.15) is 5.92 Å². The van der Waals surface area contributed by atoms with E-state index >= 15 is 0 Å². The molecule has 3 aromatic carbocycles. The van der Waals surface area contributed by atoms with Crippen LogP contribution in [0.25, 0.3) is 0 Å². The topological polar surface area (TPSA) is 66.9 Å². The fourth-order valence-corrected chi connectivity index (χ4v) is 4.78. The van der Waals surface area contributed by atoms with Crippen LogP contribution in [0.3, 0.4) is 0 Å². The Hall–Kier alpha value is -3.29. The molecule has 2 aliphatic rings. The van der Waals surface area contributed by atoms with Crippen LogP contribution in [-0.4, -0.2) is 23.7 Å². The van der Waals surface area contributed by atoms with Crippen molar-refractivity contribution in [2.24, 2.45) is 5.92 Å². The zero-order chi connectivity index (χ0) is 22.4. The van der Waals surface area contributed by atoms with Gasteiger partial charge >= 0.3 is 0 Å². The van der Waals surface area contributed by atoms with Gasteiger partial charge in [-0.25, -0.2) is 9.96 Å². The van der Waals surface area contributed by atoms with E-state index in [-0.39, 0.29) is 11.7 Å². The number of hydroxylamine groups is 1. The van der Waals surface area contributed by atoms with Crippen LogP contribution >= 0.6 is 15.9 Å². The molecule has 5 rings (SSSR count). The van der Waals surface area contributed by atoms with Crippen LogP contribution < -0.4 is 9.96 Å². The molecule has 0 saturated carbocycles. The quantitative estimate of drug-likeness (QED) is 0.391. The molecular weight excluding hydrogens is 472 g/mol. The fraction of sp³-hybridized carbons (Fsp3) is 0.160. The van der Waals surface area contributed by atoms with E-state index in [0.717, 1.165) is 20.6 Å². The summed E-state index contributed by atoms with van der Waals surface area (Å²) in [6.07, 6.45) is -0.951. The molecule has 2 fully saturated rings. The zero-order valence-electron chi connectivity index (χ0n) is 17.1. The maximum atomic E-state index is 13.6. The van der Waals surface area contributed by atoms with Crippen molar-refractivity contribution in [3.63, 3.8) is 0 Å². The molecule has 2 heterocycles. The summed E-state index contributed by atoms with van der Waals surface area (Å²) < 4.78 is 0.870. The largest absolute Gasteiger partial charge is 0.295 e. The number of hydrogen-bond acceptors (Lipinski definition) is 5. The minimum Gasteiger partial charge on any atom is -0.295 e. The highest BCUT2D eigenvalue weighted by molar-refractivity contribution is 9.10. The van der Waals surface area contributed by atoms with Crippen molar-refractivity contribution in [2.75, 3.05) is 9.96 Å². The van der Waals surface area contributed by atoms with E-state index in [1.165, 1.54) is 6.92 Å². The van der Waals surface area contributed by atoms with Gasteiger partial charge in [-0.3, -0.25) is 19.2 Å². The van der Waals surface area contributed by atoms with Crippen LogP contribution in [0.5, 0.6) is 0 Å². The predicted molar refractivity (Wildman–Crippen MR) is 123 cm³/mol. The summed E-state index contributed by atoms with van der Waals surface area (Å²) in [6, 6.07) is 23.2. The van der Waals surface area contributed by atoms with Crippen LogP contribution in [0.15, 0.2) is 83.3 Å². The maximum Gasteiger partial charge on any atom is 0.266 e. The Morgan fingerprint density at radius 1 is 0.875 bits per heavy atom. The Balaban J connectivity index is 1.58. The molecule has 7 heteroatoms. The third-order valence-electron chi connectivity index (χ3n) is 5.83. The Bertz CT molecular complexity index is 1230. The molecule has 6 nitrogen and oxygen atoms in total. The molecule has 0 radical (unpaired) electrons. The predicted octanol–water partition coefficient (Wildman–Crippen LogP) is 4.70. The standard InChI is InChI=1S/C25H19BrN2O4/c1-15(29)16-7-6-12-20(14-16)27-24(30)21-22(17-8-5-9-18(26)13-17)28(32-23(21)25(27)31)19-10-3-2-4-11-19/h2-14,21-23H,1H3/t21-,22-,23-/m1/s1. The Morgan fingerprint density at radius 3 is 2.31 bits per heavy atom. The summed E-state index contributed by atoms with van der Waals surface area (Å²) in [4.78, 5) is 46.1. The summed E-state index contributed by atoms with van der Waals surface area (Å²) in [7, 11) is 0. The smallest absolute Gasteiger partial charge is 0.266 e. The van der Waals surface area contributed by atoms with Crippen molar-refractivity contribution < 1.29 is 19.2 Å². The summed E-state index contributed by atoms with van der Waals surface area (Å²) in [5, 5.41) is 1.66. The number of Topliss-reactive ketones (excluding diaryl/α,β-unsaturated/α-hetero) is 1. The van der Waals surface area contributed by atoms with Crippen molar-refractivity contribution in [1.82, 2.24) is 0 Å². The Labute approximate surface area is 193 Å². The van der Waals surface area contributed by atoms with E-state index in [1.807, 2.05) is 54.6 Å². The molecule has 3 aromatic rings. The van der Waals surface area contributed by atoms with Gasteiger partial charge in [-0.2, -0.15) is 0 Å². The lowest BCUT2D eigenvalue weighted by Gasteiger charge is -2.29. The molecule has 3 atom stereocenters. The van der Waals surface area contributed by atoms with Crippen molar-refractivity contribution in [1.29, 1.82) is 0 Å². The fourth-order valence-electron chi connectivity index (χ4n) is 4.36. The first-order chi connectivity index (χ1) is 15.5. The van der Waals surface area contributed by atoms with Crippen molar-refractivity contribution in [2.45, 2.75) is 19.1 Å². The summed E-state index contributed by atoms with van der Waals surface area (Å²) in [6.45, 7) is 1.45. The van der Waals surface area contributed by atoms with Crippen LogP contribution in [0.2, 0.25) is 0 Å². The molecule has 0 spiro atoms. The average Bonchev–Trinajstić information content (AvgIpc) is 3.30. The van der Waals surface area contributed by atoms with Gasteiger partial charge in [0.05, 0.1) is 17.4 Å². The van der Waals surface area contributed by atoms with Gasteiger partial charge in [0.15, 0.2) is 11.9 Å². The van der Waals surface area contributed by atoms with Gasteiger partial charge < -0.3 is 0 Å². The SMILES string of the molecule is CC(=O)c1cccc(N2C(=O)[C@@H]3[C@@H](c4cccc(Br)c4)N(c4ccccc4)O[C@H]3C2=O)c1. The van der Waals surface area contributed by atoms with Gasteiger partial charge in [-0.15, -0.1) is 0 Å². The monoisotopic (exact) mass is 490 g/mol. The van der Waals surface area contributed by atoms with Gasteiger partial charge in [-0.05, 0) is 48.9 Å². The van der Waals surface area contributed by atoms with Crippen LogP contribution in [-0.2, 0) is 14.4 Å². The molecule has 160 valence electrons. The second kappa shape index (κ2) is 8.00. The van der Waals surface area contributed by atoms with Crippen molar-refractivity contribution in [3.05, 3.63) is 94.5 Å². The minimum absolute atomic E-state index is 0.135. The number of benzene rings is 3. The molecule has 0 N–H and O–H groups in total. The molecule has 0 bridgehead atoms. The third kappa shape index (κ3) is 3.34. The lowest BCUT2D eigenvalue weighted by atomic mass is 9.90. The number of carbonyl (C=O) groups excluding carboxylic acids is 3. The molecule has 0 aliphatic carbocycles. The van der Waals surface area contributed by atoms with E-state index in [1.54, 1.807) is 29.3 Å². The summed E-state index contributed by atoms with van der Waals surface area (Å²) >= 11 is 3.50. The summed E-state index contributed by atoms with van der Waals surface area (Å²) in [5.41, 5.74) is 2.44. The van der Waals surface area contributed by atoms with Crippen molar-refractivity contribution in [3.8, 4) is 0 Å². The number of hydrogen-bond donors (Lipinski definition) is 0. The second-order valence-corrected chi connectivity index (χ2v) is 8.75. The zero-order valence-corrected chi connectivity index (χ0v) is 18.7. The number of ketones is 1. The Kier molecular flexibility index (Phi) is 5.15. The summed E-state index contributed by atoms with van der Waals surface area (Å²) in [5.74, 6) is -1.63. The van der Waals surface area contributed by atoms with Gasteiger partial charge in [0.25, 0.3) is 5.91 Å². The van der Waals surface area contributed by atoms with Gasteiger partial charge in [0, 0.05) is 10.0 Å². The van der Waals surface area contributed by atoms with Crippen LogP contribution in [0.1, 0.15) is 28.9 Å². The Morgan fingerprint density at radius 2 is 1.59 bits per heavy atom. The minimum atomic E-state index is -0.951. The van der Waals surface area contributed by atoms with Crippen LogP contribution in [0.4, 0.5) is 11.4 Å². The first-order valence-electron chi connectivity index (χ1n) is 10.2. The lowest BCUT2D eigenvalue weighted by molar-refractivity contribution is -0.126. The molecule has 32 heavy (non-hydrogen) atoms. The normalized spacial score (nSPS) is 22.4. The number of para-hydroxylation sites is 1. The number of anilines is 2. The highest BCUT2D eigenvalue weighted by atomic mass is 79.9. The van der Waals surface area contributed by atoms with Gasteiger partial charge in [-0.1, -0.05) is 58.4 Å². The first-order valence-corrected chi connectivity index (χ1v) is 11.0. The van der Waals surface area contributed by atoms with E-state index in [2.05, 4.69) is 15.9 Å². The van der Waals surface area contributed by atoms with Crippen molar-refractivity contribution >= 4 is 44.9 Å². The number of fused-ring (bicyclic) bond motifs is 1. The van der Waals surface area contributed by atoms with Gasteiger partial charge in [0.2, 0.25) is 5.91 Å². The molecule has 2 aliphatic heterocycles. The number of amides is 2. The van der Waals surface area contributed by atoms with Crippen LogP contribution in [0, 0.1) is 5.92 Å². The number of nitrogens with zero attached hydrogens (tertiary/aromatic N) is 2. The van der Waals surface area contributed by atoms with E-state index < -0.39 is 24.0 Å². The average molecular weight is 491 g/mol.